The molecule has 0 amide bonds. The van der Waals surface area contributed by atoms with Gasteiger partial charge in [0.1, 0.15) is 0 Å². The largest absolute Gasteiger partial charge is 0.307 e. The second kappa shape index (κ2) is 5.14. The fourth-order valence-corrected chi connectivity index (χ4v) is 5.12. The first kappa shape index (κ1) is 14.9. The maximum Gasteiger partial charge on any atom is 0.151 e. The minimum atomic E-state index is -2.83. The molecule has 19 heavy (non-hydrogen) atoms. The number of aryl methyl sites for hydroxylation is 1. The van der Waals surface area contributed by atoms with Gasteiger partial charge in [0.15, 0.2) is 9.84 Å². The number of thiazole rings is 1. The highest BCUT2D eigenvalue weighted by atomic mass is 32.2. The van der Waals surface area contributed by atoms with Gasteiger partial charge in [-0.25, -0.2) is 13.4 Å². The number of hydrogen-bond acceptors (Lipinski definition) is 5. The zero-order chi connectivity index (χ0) is 14.3. The summed E-state index contributed by atoms with van der Waals surface area (Å²) >= 11 is 1.66. The number of nitrogens with zero attached hydrogens (tertiary/aromatic N) is 1. The van der Waals surface area contributed by atoms with Gasteiger partial charge in [0.05, 0.1) is 22.2 Å². The van der Waals surface area contributed by atoms with Crippen LogP contribution < -0.4 is 5.32 Å². The molecular weight excluding hydrogens is 280 g/mol. The summed E-state index contributed by atoms with van der Waals surface area (Å²) in [6.45, 7) is 9.20. The minimum absolute atomic E-state index is 0.0767. The van der Waals surface area contributed by atoms with E-state index in [1.807, 2.05) is 6.92 Å². The Morgan fingerprint density at radius 3 is 2.63 bits per heavy atom. The third kappa shape index (κ3) is 4.00. The Labute approximate surface area is 119 Å². The number of rotatable bonds is 3. The van der Waals surface area contributed by atoms with Gasteiger partial charge in [-0.3, -0.25) is 0 Å². The summed E-state index contributed by atoms with van der Waals surface area (Å²) < 4.78 is 23.1. The Balaban J connectivity index is 2.09. The number of aromatic nitrogens is 1. The fraction of sp³-hybridized carbons (Fsp3) is 0.769. The predicted octanol–water partition coefficient (Wildman–Crippen LogP) is 2.24. The Morgan fingerprint density at radius 1 is 1.42 bits per heavy atom. The lowest BCUT2D eigenvalue weighted by atomic mass is 10.1. The first-order valence-electron chi connectivity index (χ1n) is 6.58. The normalized spacial score (nSPS) is 22.8. The summed E-state index contributed by atoms with van der Waals surface area (Å²) in [6.07, 6.45) is 0.724. The monoisotopic (exact) mass is 302 g/mol. The molecule has 2 rings (SSSR count). The first-order valence-corrected chi connectivity index (χ1v) is 9.22. The van der Waals surface area contributed by atoms with Crippen molar-refractivity contribution in [3.05, 3.63) is 15.6 Å². The molecule has 0 aromatic carbocycles. The van der Waals surface area contributed by atoms with Gasteiger partial charge < -0.3 is 5.32 Å². The summed E-state index contributed by atoms with van der Waals surface area (Å²) in [7, 11) is -2.83. The highest BCUT2D eigenvalue weighted by Crippen LogP contribution is 2.33. The average molecular weight is 302 g/mol. The number of sulfone groups is 1. The van der Waals surface area contributed by atoms with Crippen molar-refractivity contribution in [1.82, 2.24) is 10.3 Å². The molecule has 1 N–H and O–H groups in total. The van der Waals surface area contributed by atoms with Crippen LogP contribution >= 0.6 is 11.3 Å². The maximum atomic E-state index is 11.5. The SMILES string of the molecule is Cc1nc(C2CCS(=O)(=O)C2)sc1CNC(C)(C)C. The molecular formula is C13H22N2O2S2. The molecule has 108 valence electrons. The molecule has 0 saturated carbocycles. The van der Waals surface area contributed by atoms with E-state index in [-0.39, 0.29) is 17.2 Å². The molecule has 1 saturated heterocycles. The van der Waals surface area contributed by atoms with Crippen molar-refractivity contribution in [3.63, 3.8) is 0 Å². The van der Waals surface area contributed by atoms with Crippen LogP contribution in [0.25, 0.3) is 0 Å². The van der Waals surface area contributed by atoms with Crippen molar-refractivity contribution in [2.45, 2.75) is 52.1 Å². The van der Waals surface area contributed by atoms with Gasteiger partial charge in [0.25, 0.3) is 0 Å². The van der Waals surface area contributed by atoms with E-state index in [1.54, 1.807) is 11.3 Å². The van der Waals surface area contributed by atoms with Crippen molar-refractivity contribution in [2.75, 3.05) is 11.5 Å². The van der Waals surface area contributed by atoms with E-state index in [4.69, 9.17) is 0 Å². The highest BCUT2D eigenvalue weighted by Gasteiger charge is 2.31. The van der Waals surface area contributed by atoms with Gasteiger partial charge >= 0.3 is 0 Å². The molecule has 2 heterocycles. The van der Waals surface area contributed by atoms with Crippen LogP contribution in [0.2, 0.25) is 0 Å². The molecule has 0 aliphatic carbocycles. The van der Waals surface area contributed by atoms with Crippen LogP contribution in [0.15, 0.2) is 0 Å². The molecule has 0 radical (unpaired) electrons. The molecule has 1 aliphatic heterocycles. The summed E-state index contributed by atoms with van der Waals surface area (Å²) in [4.78, 5) is 5.79. The predicted molar refractivity (Wildman–Crippen MR) is 79.5 cm³/mol. The van der Waals surface area contributed by atoms with Crippen molar-refractivity contribution in [2.24, 2.45) is 0 Å². The first-order chi connectivity index (χ1) is 8.66. The minimum Gasteiger partial charge on any atom is -0.307 e. The van der Waals surface area contributed by atoms with Crippen LogP contribution in [0.1, 0.15) is 48.7 Å². The van der Waals surface area contributed by atoms with Crippen LogP contribution in [-0.4, -0.2) is 30.4 Å². The Kier molecular flexibility index (Phi) is 4.05. The van der Waals surface area contributed by atoms with Gasteiger partial charge in [0, 0.05) is 22.9 Å². The molecule has 0 bridgehead atoms. The Morgan fingerprint density at radius 2 is 2.11 bits per heavy atom. The van der Waals surface area contributed by atoms with E-state index in [1.165, 1.54) is 4.88 Å². The van der Waals surface area contributed by atoms with Crippen molar-refractivity contribution in [1.29, 1.82) is 0 Å². The van der Waals surface area contributed by atoms with E-state index in [0.717, 1.165) is 23.7 Å². The molecule has 1 unspecified atom stereocenters. The van der Waals surface area contributed by atoms with Gasteiger partial charge in [-0.1, -0.05) is 0 Å². The molecule has 4 nitrogen and oxygen atoms in total. The van der Waals surface area contributed by atoms with Crippen LogP contribution in [0.4, 0.5) is 0 Å². The van der Waals surface area contributed by atoms with Gasteiger partial charge in [-0.2, -0.15) is 0 Å². The van der Waals surface area contributed by atoms with Crippen molar-refractivity contribution < 1.29 is 8.42 Å². The lowest BCUT2D eigenvalue weighted by Gasteiger charge is -2.19. The lowest BCUT2D eigenvalue weighted by molar-refractivity contribution is 0.425. The van der Waals surface area contributed by atoms with Crippen LogP contribution in [0.3, 0.4) is 0 Å². The zero-order valence-electron chi connectivity index (χ0n) is 12.0. The lowest BCUT2D eigenvalue weighted by Crippen LogP contribution is -2.34. The van der Waals surface area contributed by atoms with Crippen LogP contribution in [0, 0.1) is 6.92 Å². The summed E-state index contributed by atoms with van der Waals surface area (Å²) in [6, 6.07) is 0. The number of nitrogens with one attached hydrogen (secondary N) is 1. The van der Waals surface area contributed by atoms with E-state index < -0.39 is 9.84 Å². The second-order valence-corrected chi connectivity index (χ2v) is 9.61. The third-order valence-electron chi connectivity index (χ3n) is 3.27. The summed E-state index contributed by atoms with van der Waals surface area (Å²) in [5, 5.41) is 4.44. The Bertz CT molecular complexity index is 556. The summed E-state index contributed by atoms with van der Waals surface area (Å²) in [5.41, 5.74) is 1.11. The third-order valence-corrected chi connectivity index (χ3v) is 6.36. The van der Waals surface area contributed by atoms with E-state index in [9.17, 15) is 8.42 Å². The van der Waals surface area contributed by atoms with Crippen molar-refractivity contribution in [3.8, 4) is 0 Å². The van der Waals surface area contributed by atoms with Crippen molar-refractivity contribution >= 4 is 21.2 Å². The highest BCUT2D eigenvalue weighted by molar-refractivity contribution is 7.91. The zero-order valence-corrected chi connectivity index (χ0v) is 13.6. The van der Waals surface area contributed by atoms with E-state index in [0.29, 0.717) is 5.75 Å². The topological polar surface area (TPSA) is 59.1 Å². The molecule has 1 atom stereocenters. The van der Waals surface area contributed by atoms with E-state index >= 15 is 0 Å². The molecule has 0 spiro atoms. The van der Waals surface area contributed by atoms with E-state index in [2.05, 4.69) is 31.1 Å². The molecule has 6 heteroatoms. The average Bonchev–Trinajstić information content (AvgIpc) is 2.78. The van der Waals surface area contributed by atoms with Crippen LogP contribution in [0.5, 0.6) is 0 Å². The smallest absolute Gasteiger partial charge is 0.151 e. The maximum absolute atomic E-state index is 11.5. The second-order valence-electron chi connectivity index (χ2n) is 6.26. The van der Waals surface area contributed by atoms with Crippen LogP contribution in [-0.2, 0) is 16.4 Å². The van der Waals surface area contributed by atoms with Gasteiger partial charge in [-0.05, 0) is 34.1 Å². The quantitative estimate of drug-likeness (QED) is 0.930. The molecule has 1 aromatic rings. The summed E-state index contributed by atoms with van der Waals surface area (Å²) in [5.74, 6) is 0.690. The fourth-order valence-electron chi connectivity index (χ4n) is 2.12. The van der Waals surface area contributed by atoms with Gasteiger partial charge in [-0.15, -0.1) is 11.3 Å². The molecule has 1 fully saturated rings. The Hall–Kier alpha value is -0.460. The number of hydrogen-bond donors (Lipinski definition) is 1. The molecule has 1 aromatic heterocycles. The molecule has 1 aliphatic rings. The van der Waals surface area contributed by atoms with Gasteiger partial charge in [0.2, 0.25) is 0 Å². The standard InChI is InChI=1S/C13H22N2O2S2/c1-9-11(7-14-13(2,3)4)18-12(15-9)10-5-6-19(16,17)8-10/h10,14H,5-8H2,1-4H3.